The molecule has 0 amide bonds. The lowest BCUT2D eigenvalue weighted by Crippen LogP contribution is -2.35. The number of hydrogen-bond donors (Lipinski definition) is 2. The normalized spacial score (nSPS) is 18.0. The highest BCUT2D eigenvalue weighted by Crippen LogP contribution is 2.37. The third-order valence-corrected chi connectivity index (χ3v) is 9.94. The summed E-state index contributed by atoms with van der Waals surface area (Å²) in [5.74, 6) is -0.0253. The summed E-state index contributed by atoms with van der Waals surface area (Å²) in [6.45, 7) is 0.430. The molecule has 2 saturated heterocycles. The van der Waals surface area contributed by atoms with Crippen molar-refractivity contribution in [3.05, 3.63) is 110 Å². The number of rotatable bonds is 8. The largest absolute Gasteiger partial charge is 0.491 e. The minimum atomic E-state index is -2.82. The third-order valence-electron chi connectivity index (χ3n) is 9.94. The van der Waals surface area contributed by atoms with E-state index in [0.717, 1.165) is 32.8 Å². The predicted octanol–water partition coefficient (Wildman–Crippen LogP) is 6.53. The zero-order valence-corrected chi connectivity index (χ0v) is 29.3. The van der Waals surface area contributed by atoms with Crippen LogP contribution in [0.5, 0.6) is 11.5 Å². The molecule has 0 unspecified atom stereocenters. The number of nitrogens with zero attached hydrogens (tertiary/aromatic N) is 8. The van der Waals surface area contributed by atoms with E-state index >= 15 is 0 Å². The first-order chi connectivity index (χ1) is 26.9. The van der Waals surface area contributed by atoms with Crippen LogP contribution in [0.4, 0.5) is 20.4 Å². The lowest BCUT2D eigenvalue weighted by atomic mass is 10.1. The Balaban J connectivity index is 0.000000144. The standard InChI is InChI=1S/C20H17F2N5O.C20H17N5O2/c21-20(22)8-14(9-28-16-7-3-5-13-4-1-2-6-15(13)16)27(10-20)19-17-18(24-11-23-17)25-12-26-19;26-15-8-14(10-27-17-7-3-5-13-4-1-2-6-16(13)17)25(9-15)20-18-19(22-11-21-18)23-12-24-20/h1-7,11-12,14H,8-10H2,(H,23,24,25,26);1-7,11-12,14H,8-10H2,(H,21,22,23,24)/t2*14-/m11/s1. The van der Waals surface area contributed by atoms with Crippen LogP contribution in [0.3, 0.4) is 0 Å². The van der Waals surface area contributed by atoms with Gasteiger partial charge in [-0.1, -0.05) is 72.8 Å². The molecule has 276 valence electrons. The van der Waals surface area contributed by atoms with Gasteiger partial charge in [0.1, 0.15) is 48.4 Å². The Morgan fingerprint density at radius 1 is 0.655 bits per heavy atom. The molecular formula is C40H34F2N10O3. The molecule has 15 heteroatoms. The second-order valence-electron chi connectivity index (χ2n) is 13.5. The van der Waals surface area contributed by atoms with Crippen LogP contribution >= 0.6 is 0 Å². The van der Waals surface area contributed by atoms with Crippen LogP contribution < -0.4 is 19.3 Å². The molecule has 2 atom stereocenters. The SMILES string of the molecule is FC1(F)C[C@H](COc2cccc3ccccc23)N(c2ncnc3nc[nH]c23)C1.O=C1C[C@H](COc2cccc3ccccc23)N(c2ncnc3nc[nH]c23)C1. The second-order valence-corrected chi connectivity index (χ2v) is 13.5. The van der Waals surface area contributed by atoms with Crippen molar-refractivity contribution < 1.29 is 23.0 Å². The van der Waals surface area contributed by atoms with E-state index in [2.05, 4.69) is 52.0 Å². The number of imidazole rings is 2. The third kappa shape index (κ3) is 6.80. The Bertz CT molecular complexity index is 2640. The molecule has 0 saturated carbocycles. The Morgan fingerprint density at radius 2 is 1.18 bits per heavy atom. The molecule has 0 radical (unpaired) electrons. The van der Waals surface area contributed by atoms with Gasteiger partial charge in [0.2, 0.25) is 0 Å². The number of aromatic amines is 2. The lowest BCUT2D eigenvalue weighted by molar-refractivity contribution is -0.116. The van der Waals surface area contributed by atoms with Crippen LogP contribution in [-0.2, 0) is 4.79 Å². The number of carbonyl (C=O) groups excluding carboxylic acids is 1. The highest BCUT2D eigenvalue weighted by Gasteiger charge is 2.46. The molecule has 10 rings (SSSR count). The number of benzene rings is 4. The number of alkyl halides is 2. The van der Waals surface area contributed by atoms with Gasteiger partial charge in [0.25, 0.3) is 5.92 Å². The quantitative estimate of drug-likeness (QED) is 0.175. The van der Waals surface area contributed by atoms with Crippen molar-refractivity contribution in [3.8, 4) is 11.5 Å². The minimum Gasteiger partial charge on any atom is -0.491 e. The van der Waals surface area contributed by atoms with E-state index in [0.29, 0.717) is 53.8 Å². The number of fused-ring (bicyclic) bond motifs is 4. The maximum absolute atomic E-state index is 14.3. The number of aromatic nitrogens is 8. The fourth-order valence-corrected chi connectivity index (χ4v) is 7.40. The molecule has 2 aliphatic rings. The summed E-state index contributed by atoms with van der Waals surface area (Å²) in [6, 6.07) is 27.1. The van der Waals surface area contributed by atoms with E-state index in [9.17, 15) is 13.6 Å². The van der Waals surface area contributed by atoms with Crippen molar-refractivity contribution in [1.29, 1.82) is 0 Å². The van der Waals surface area contributed by atoms with Gasteiger partial charge in [0.15, 0.2) is 28.7 Å². The Hall–Kier alpha value is -6.77. The number of nitrogens with one attached hydrogen (secondary N) is 2. The number of Topliss-reactive ketones (excluding diaryl/α,β-unsaturated/α-hetero) is 1. The summed E-state index contributed by atoms with van der Waals surface area (Å²) < 4.78 is 40.7. The number of halogens is 2. The van der Waals surface area contributed by atoms with Crippen LogP contribution in [0, 0.1) is 0 Å². The number of hydrogen-bond acceptors (Lipinski definition) is 11. The molecule has 0 bridgehead atoms. The van der Waals surface area contributed by atoms with Crippen LogP contribution in [0.25, 0.3) is 43.9 Å². The molecule has 4 aromatic heterocycles. The van der Waals surface area contributed by atoms with Crippen molar-refractivity contribution in [3.63, 3.8) is 0 Å². The molecule has 2 N–H and O–H groups in total. The van der Waals surface area contributed by atoms with E-state index in [1.807, 2.05) is 77.7 Å². The minimum absolute atomic E-state index is 0.0853. The summed E-state index contributed by atoms with van der Waals surface area (Å²) in [4.78, 5) is 46.9. The summed E-state index contributed by atoms with van der Waals surface area (Å²) in [6.07, 6.45) is 6.03. The van der Waals surface area contributed by atoms with Gasteiger partial charge < -0.3 is 29.2 Å². The number of carbonyl (C=O) groups is 1. The lowest BCUT2D eigenvalue weighted by Gasteiger charge is -2.25. The molecule has 13 nitrogen and oxygen atoms in total. The molecule has 0 spiro atoms. The second kappa shape index (κ2) is 14.2. The maximum Gasteiger partial charge on any atom is 0.267 e. The average Bonchev–Trinajstić information content (AvgIpc) is 4.02. The molecule has 2 aliphatic heterocycles. The molecule has 55 heavy (non-hydrogen) atoms. The van der Waals surface area contributed by atoms with E-state index in [4.69, 9.17) is 9.47 Å². The van der Waals surface area contributed by atoms with Gasteiger partial charge in [-0.2, -0.15) is 0 Å². The molecule has 8 aromatic rings. The van der Waals surface area contributed by atoms with E-state index < -0.39 is 18.5 Å². The van der Waals surface area contributed by atoms with Crippen molar-refractivity contribution >= 4 is 61.3 Å². The summed E-state index contributed by atoms with van der Waals surface area (Å²) in [5.41, 5.74) is 2.33. The number of ether oxygens (including phenoxy) is 2. The fourth-order valence-electron chi connectivity index (χ4n) is 7.40. The topological polar surface area (TPSA) is 151 Å². The van der Waals surface area contributed by atoms with Crippen LogP contribution in [-0.4, -0.2) is 90.0 Å². The smallest absolute Gasteiger partial charge is 0.267 e. The van der Waals surface area contributed by atoms with Gasteiger partial charge in [0, 0.05) is 23.6 Å². The van der Waals surface area contributed by atoms with Crippen molar-refractivity contribution in [2.75, 3.05) is 36.1 Å². The number of anilines is 2. The van der Waals surface area contributed by atoms with Crippen LogP contribution in [0.15, 0.2) is 110 Å². The first kappa shape index (κ1) is 34.0. The van der Waals surface area contributed by atoms with Crippen LogP contribution in [0.1, 0.15) is 12.8 Å². The first-order valence-corrected chi connectivity index (χ1v) is 17.8. The Labute approximate surface area is 312 Å². The van der Waals surface area contributed by atoms with Gasteiger partial charge >= 0.3 is 0 Å². The molecule has 2 fully saturated rings. The maximum atomic E-state index is 14.3. The predicted molar refractivity (Wildman–Crippen MR) is 204 cm³/mol. The molecular weight excluding hydrogens is 707 g/mol. The van der Waals surface area contributed by atoms with Gasteiger partial charge in [-0.15, -0.1) is 0 Å². The summed E-state index contributed by atoms with van der Waals surface area (Å²) in [5, 5.41) is 4.20. The first-order valence-electron chi connectivity index (χ1n) is 17.8. The highest BCUT2D eigenvalue weighted by molar-refractivity contribution is 5.92. The Kier molecular flexibility index (Phi) is 8.80. The summed E-state index contributed by atoms with van der Waals surface area (Å²) in [7, 11) is 0. The molecule has 4 aromatic carbocycles. The highest BCUT2D eigenvalue weighted by atomic mass is 19.3. The monoisotopic (exact) mass is 740 g/mol. The summed E-state index contributed by atoms with van der Waals surface area (Å²) >= 11 is 0. The van der Waals surface area contributed by atoms with Crippen molar-refractivity contribution in [2.24, 2.45) is 0 Å². The van der Waals surface area contributed by atoms with Crippen molar-refractivity contribution in [2.45, 2.75) is 30.8 Å². The average molecular weight is 741 g/mol. The van der Waals surface area contributed by atoms with Gasteiger partial charge in [-0.05, 0) is 22.9 Å². The number of ketones is 1. The van der Waals surface area contributed by atoms with Crippen LogP contribution in [0.2, 0.25) is 0 Å². The molecule has 6 heterocycles. The van der Waals surface area contributed by atoms with Crippen molar-refractivity contribution in [1.82, 2.24) is 39.9 Å². The Morgan fingerprint density at radius 3 is 1.78 bits per heavy atom. The number of H-pyrrole nitrogens is 2. The fraction of sp³-hybridized carbons (Fsp3) is 0.225. The zero-order chi connectivity index (χ0) is 37.4. The van der Waals surface area contributed by atoms with Gasteiger partial charge in [0.05, 0.1) is 37.8 Å². The van der Waals surface area contributed by atoms with E-state index in [1.54, 1.807) is 11.2 Å². The van der Waals surface area contributed by atoms with E-state index in [1.165, 1.54) is 19.0 Å². The van der Waals surface area contributed by atoms with Gasteiger partial charge in [-0.3, -0.25) is 4.79 Å². The molecule has 0 aliphatic carbocycles. The zero-order valence-electron chi connectivity index (χ0n) is 29.3. The van der Waals surface area contributed by atoms with E-state index in [-0.39, 0.29) is 24.9 Å². The van der Waals surface area contributed by atoms with Gasteiger partial charge in [-0.25, -0.2) is 38.7 Å².